The third kappa shape index (κ3) is 8.28. The number of amides is 2. The van der Waals surface area contributed by atoms with Crippen LogP contribution in [0.4, 0.5) is 0 Å². The first kappa shape index (κ1) is 33.0. The molecule has 0 radical (unpaired) electrons. The molecule has 1 aromatic carbocycles. The van der Waals surface area contributed by atoms with E-state index < -0.39 is 56.4 Å². The summed E-state index contributed by atoms with van der Waals surface area (Å²) < 4.78 is 27.4. The van der Waals surface area contributed by atoms with Gasteiger partial charge in [-0.15, -0.1) is 0 Å². The summed E-state index contributed by atoms with van der Waals surface area (Å²) in [6, 6.07) is 6.58. The van der Waals surface area contributed by atoms with Crippen molar-refractivity contribution in [2.75, 3.05) is 18.8 Å². The van der Waals surface area contributed by atoms with Crippen molar-refractivity contribution in [3.8, 4) is 0 Å². The van der Waals surface area contributed by atoms with Crippen molar-refractivity contribution in [1.29, 1.82) is 0 Å². The number of allylic oxidation sites excluding steroid dienone is 2. The molecule has 3 atom stereocenters. The smallest absolute Gasteiger partial charge is 0.247 e. The first-order chi connectivity index (χ1) is 19.5. The Morgan fingerprint density at radius 1 is 1.17 bits per heavy atom. The summed E-state index contributed by atoms with van der Waals surface area (Å²) in [6.07, 6.45) is 7.29. The normalized spacial score (nSPS) is 19.4. The number of aryl methyl sites for hydroxylation is 1. The standard InChI is InChI=1S/C31H47N3O6S/c1-4-9-27(10-5-2)41(39,40)21-28(33-29(37)23-12-8-14-25(35)18-23)30(38)34(20-26(36)19-32)31(15-16-31)24-13-7-11-22(6-3)17-24/h7-8,11-14,17,25-28,35-36H,4-6,9-10,15-16,18-21,32H2,1-3H3,(H,33,37)/t25?,26-,28?/m0/s1. The highest BCUT2D eigenvalue weighted by Crippen LogP contribution is 2.51. The van der Waals surface area contributed by atoms with E-state index in [2.05, 4.69) is 5.32 Å². The average molecular weight is 590 g/mol. The molecular formula is C31H47N3O6S. The second-order valence-electron chi connectivity index (χ2n) is 11.3. The number of aliphatic hydroxyl groups is 2. The van der Waals surface area contributed by atoms with Crippen LogP contribution in [0.25, 0.3) is 0 Å². The van der Waals surface area contributed by atoms with Crippen LogP contribution in [0.2, 0.25) is 0 Å². The Balaban J connectivity index is 2.03. The summed E-state index contributed by atoms with van der Waals surface area (Å²) in [5.74, 6) is -1.71. The van der Waals surface area contributed by atoms with Crippen molar-refractivity contribution in [1.82, 2.24) is 10.2 Å². The van der Waals surface area contributed by atoms with Gasteiger partial charge in [0.2, 0.25) is 11.8 Å². The molecule has 41 heavy (non-hydrogen) atoms. The zero-order chi connectivity index (χ0) is 30.2. The van der Waals surface area contributed by atoms with E-state index in [9.17, 15) is 28.2 Å². The molecule has 0 spiro atoms. The van der Waals surface area contributed by atoms with Gasteiger partial charge < -0.3 is 26.2 Å². The summed E-state index contributed by atoms with van der Waals surface area (Å²) in [4.78, 5) is 29.3. The number of nitrogens with zero attached hydrogens (tertiary/aromatic N) is 1. The molecule has 1 aromatic rings. The zero-order valence-corrected chi connectivity index (χ0v) is 25.4. The zero-order valence-electron chi connectivity index (χ0n) is 24.6. The Labute approximate surface area is 244 Å². The van der Waals surface area contributed by atoms with Crippen LogP contribution >= 0.6 is 0 Å². The van der Waals surface area contributed by atoms with Gasteiger partial charge in [-0.1, -0.05) is 76.1 Å². The van der Waals surface area contributed by atoms with Gasteiger partial charge in [0, 0.05) is 25.1 Å². The highest BCUT2D eigenvalue weighted by molar-refractivity contribution is 7.92. The van der Waals surface area contributed by atoms with E-state index in [1.807, 2.05) is 45.0 Å². The summed E-state index contributed by atoms with van der Waals surface area (Å²) in [7, 11) is -3.78. The van der Waals surface area contributed by atoms with E-state index in [0.29, 0.717) is 38.5 Å². The molecule has 228 valence electrons. The van der Waals surface area contributed by atoms with Crippen molar-refractivity contribution in [2.24, 2.45) is 5.73 Å². The van der Waals surface area contributed by atoms with Crippen LogP contribution in [0.5, 0.6) is 0 Å². The minimum Gasteiger partial charge on any atom is -0.390 e. The van der Waals surface area contributed by atoms with E-state index in [4.69, 9.17) is 5.73 Å². The Hall–Kier alpha value is -2.53. The van der Waals surface area contributed by atoms with Crippen LogP contribution < -0.4 is 11.1 Å². The summed E-state index contributed by atoms with van der Waals surface area (Å²) in [5.41, 5.74) is 7.31. The lowest BCUT2D eigenvalue weighted by Gasteiger charge is -2.37. The van der Waals surface area contributed by atoms with E-state index in [-0.39, 0.29) is 25.1 Å². The summed E-state index contributed by atoms with van der Waals surface area (Å²) in [6.45, 7) is 5.74. The van der Waals surface area contributed by atoms with Gasteiger partial charge in [-0.2, -0.15) is 0 Å². The molecule has 5 N–H and O–H groups in total. The molecular weight excluding hydrogens is 542 g/mol. The van der Waals surface area contributed by atoms with Crippen LogP contribution in [0.3, 0.4) is 0 Å². The predicted molar refractivity (Wildman–Crippen MR) is 161 cm³/mol. The number of hydrogen-bond acceptors (Lipinski definition) is 7. The van der Waals surface area contributed by atoms with Crippen LogP contribution in [-0.4, -0.2) is 77.7 Å². The Kier molecular flexibility index (Phi) is 11.7. The number of benzene rings is 1. The van der Waals surface area contributed by atoms with E-state index in [1.54, 1.807) is 23.1 Å². The average Bonchev–Trinajstić information content (AvgIpc) is 3.76. The fourth-order valence-corrected chi connectivity index (χ4v) is 7.79. The lowest BCUT2D eigenvalue weighted by molar-refractivity contribution is -0.140. The lowest BCUT2D eigenvalue weighted by Crippen LogP contribution is -2.57. The van der Waals surface area contributed by atoms with Gasteiger partial charge in [0.05, 0.1) is 28.7 Å². The van der Waals surface area contributed by atoms with E-state index in [1.165, 1.54) is 0 Å². The molecule has 0 heterocycles. The molecule has 0 saturated heterocycles. The van der Waals surface area contributed by atoms with Crippen LogP contribution in [0, 0.1) is 0 Å². The minimum atomic E-state index is -3.78. The first-order valence-electron chi connectivity index (χ1n) is 14.9. The monoisotopic (exact) mass is 589 g/mol. The van der Waals surface area contributed by atoms with Crippen molar-refractivity contribution in [3.63, 3.8) is 0 Å². The second-order valence-corrected chi connectivity index (χ2v) is 13.7. The van der Waals surface area contributed by atoms with Crippen molar-refractivity contribution < 1.29 is 28.2 Å². The molecule has 2 aliphatic rings. The topological polar surface area (TPSA) is 150 Å². The minimum absolute atomic E-state index is 0.0631. The maximum atomic E-state index is 14.4. The molecule has 0 aliphatic heterocycles. The van der Waals surface area contributed by atoms with Crippen molar-refractivity contribution in [2.45, 2.75) is 101 Å². The maximum absolute atomic E-state index is 14.4. The van der Waals surface area contributed by atoms with Crippen molar-refractivity contribution in [3.05, 3.63) is 59.2 Å². The van der Waals surface area contributed by atoms with E-state index in [0.717, 1.165) is 17.5 Å². The van der Waals surface area contributed by atoms with Gasteiger partial charge in [-0.3, -0.25) is 9.59 Å². The number of carbonyl (C=O) groups excluding carboxylic acids is 2. The molecule has 2 amide bonds. The number of hydrogen-bond donors (Lipinski definition) is 4. The molecule has 0 aromatic heterocycles. The molecule has 9 nitrogen and oxygen atoms in total. The number of rotatable bonds is 16. The molecule has 10 heteroatoms. The number of aliphatic hydroxyl groups excluding tert-OH is 2. The second kappa shape index (κ2) is 14.6. The highest BCUT2D eigenvalue weighted by atomic mass is 32.2. The summed E-state index contributed by atoms with van der Waals surface area (Å²) >= 11 is 0. The maximum Gasteiger partial charge on any atom is 0.247 e. The summed E-state index contributed by atoms with van der Waals surface area (Å²) in [5, 5.41) is 22.7. The van der Waals surface area contributed by atoms with E-state index >= 15 is 0 Å². The molecule has 3 rings (SSSR count). The van der Waals surface area contributed by atoms with Crippen LogP contribution in [0.1, 0.15) is 76.8 Å². The fraction of sp³-hybridized carbons (Fsp3) is 0.613. The quantitative estimate of drug-likeness (QED) is 0.231. The number of carbonyl (C=O) groups is 2. The third-order valence-corrected chi connectivity index (χ3v) is 10.4. The van der Waals surface area contributed by atoms with Crippen LogP contribution in [0.15, 0.2) is 48.1 Å². The predicted octanol–water partition coefficient (Wildman–Crippen LogP) is 2.50. The van der Waals surface area contributed by atoms with Gasteiger partial charge in [-0.05, 0) is 43.2 Å². The van der Waals surface area contributed by atoms with Gasteiger partial charge in [0.25, 0.3) is 0 Å². The Bertz CT molecular complexity index is 1220. The van der Waals surface area contributed by atoms with Crippen LogP contribution in [-0.2, 0) is 31.4 Å². The number of sulfone groups is 1. The number of nitrogens with two attached hydrogens (primary N) is 1. The van der Waals surface area contributed by atoms with Crippen molar-refractivity contribution >= 4 is 21.7 Å². The highest BCUT2D eigenvalue weighted by Gasteiger charge is 2.53. The Morgan fingerprint density at radius 2 is 1.85 bits per heavy atom. The molecule has 2 aliphatic carbocycles. The van der Waals surface area contributed by atoms with Gasteiger partial charge >= 0.3 is 0 Å². The molecule has 1 saturated carbocycles. The SMILES string of the molecule is CCCC(CCC)S(=O)(=O)CC(NC(=O)C1=CC=CC(O)C1)C(=O)N(C[C@@H](O)CN)C1(c2cccc(CC)c2)CC1. The van der Waals surface area contributed by atoms with Gasteiger partial charge in [0.15, 0.2) is 9.84 Å². The lowest BCUT2D eigenvalue weighted by atomic mass is 9.98. The fourth-order valence-electron chi connectivity index (χ4n) is 5.63. The largest absolute Gasteiger partial charge is 0.390 e. The third-order valence-electron chi connectivity index (χ3n) is 8.13. The molecule has 2 unspecified atom stereocenters. The van der Waals surface area contributed by atoms with Gasteiger partial charge in [0.1, 0.15) is 6.04 Å². The Morgan fingerprint density at radius 3 is 2.41 bits per heavy atom. The molecule has 1 fully saturated rings. The molecule has 0 bridgehead atoms. The number of nitrogens with one attached hydrogen (secondary N) is 1. The van der Waals surface area contributed by atoms with Gasteiger partial charge in [-0.25, -0.2) is 8.42 Å². The first-order valence-corrected chi connectivity index (χ1v) is 16.6.